The van der Waals surface area contributed by atoms with Crippen molar-refractivity contribution in [3.63, 3.8) is 0 Å². The molecule has 0 saturated carbocycles. The van der Waals surface area contributed by atoms with Crippen molar-refractivity contribution in [3.8, 4) is 0 Å². The third-order valence-electron chi connectivity index (χ3n) is 15.7. The third-order valence-corrected chi connectivity index (χ3v) is 17.6. The Bertz CT molecular complexity index is 2640. The summed E-state index contributed by atoms with van der Waals surface area (Å²) in [5, 5.41) is 10.6. The van der Waals surface area contributed by atoms with Crippen molar-refractivity contribution in [2.45, 2.75) is 303 Å². The van der Waals surface area contributed by atoms with Gasteiger partial charge in [0, 0.05) is 25.7 Å². The quantitative estimate of drug-likeness (QED) is 0.0169. The fourth-order valence-corrected chi connectivity index (χ4v) is 11.4. The first-order valence-corrected chi connectivity index (χ1v) is 42.4. The summed E-state index contributed by atoms with van der Waals surface area (Å²) in [6.45, 7) is 4.36. The van der Waals surface area contributed by atoms with Crippen LogP contribution in [0.4, 0.5) is 0 Å². The first-order valence-electron chi connectivity index (χ1n) is 39.4. The first kappa shape index (κ1) is 98.4. The average molecular weight is 1490 g/mol. The molecule has 0 aliphatic carbocycles. The van der Waals surface area contributed by atoms with Crippen LogP contribution in [0.25, 0.3) is 0 Å². The lowest BCUT2D eigenvalue weighted by Crippen LogP contribution is -2.30. The van der Waals surface area contributed by atoms with E-state index in [0.29, 0.717) is 38.5 Å². The van der Waals surface area contributed by atoms with Gasteiger partial charge < -0.3 is 33.8 Å². The zero-order valence-electron chi connectivity index (χ0n) is 64.4. The van der Waals surface area contributed by atoms with Crippen LogP contribution in [-0.2, 0) is 65.4 Å². The van der Waals surface area contributed by atoms with Crippen LogP contribution >= 0.6 is 15.6 Å². The summed E-state index contributed by atoms with van der Waals surface area (Å²) in [5.74, 6) is -2.36. The topological polar surface area (TPSA) is 237 Å². The van der Waals surface area contributed by atoms with E-state index in [-0.39, 0.29) is 25.7 Å². The lowest BCUT2D eigenvalue weighted by molar-refractivity contribution is -0.161. The van der Waals surface area contributed by atoms with E-state index in [4.69, 9.17) is 37.0 Å². The number of phosphoric acid groups is 2. The maximum Gasteiger partial charge on any atom is 0.472 e. The van der Waals surface area contributed by atoms with Gasteiger partial charge >= 0.3 is 39.5 Å². The Morgan fingerprint density at radius 1 is 0.279 bits per heavy atom. The van der Waals surface area contributed by atoms with Crippen molar-refractivity contribution >= 4 is 39.5 Å². The minimum absolute atomic E-state index is 0.0297. The van der Waals surface area contributed by atoms with Crippen LogP contribution in [-0.4, -0.2) is 96.7 Å². The second-order valence-corrected chi connectivity index (χ2v) is 28.4. The minimum atomic E-state index is -5.00. The van der Waals surface area contributed by atoms with E-state index in [0.717, 1.165) is 141 Å². The number of allylic oxidation sites excluding steroid dienone is 28. The maximum absolute atomic E-state index is 13.1. The van der Waals surface area contributed by atoms with Crippen LogP contribution in [0.2, 0.25) is 0 Å². The molecule has 0 bridgehead atoms. The summed E-state index contributed by atoms with van der Waals surface area (Å²) >= 11 is 0. The van der Waals surface area contributed by atoms with Gasteiger partial charge in [0.05, 0.1) is 26.4 Å². The number of esters is 4. The maximum atomic E-state index is 13.1. The normalized spacial score (nSPS) is 14.8. The average Bonchev–Trinajstić information content (AvgIpc) is 0.939. The number of hydrogen-bond acceptors (Lipinski definition) is 15. The Balaban J connectivity index is 5.48. The third kappa shape index (κ3) is 74.7. The van der Waals surface area contributed by atoms with Crippen molar-refractivity contribution < 1.29 is 80.2 Å². The highest BCUT2D eigenvalue weighted by Crippen LogP contribution is 2.45. The number of rotatable bonds is 72. The molecule has 5 unspecified atom stereocenters. The molecule has 104 heavy (non-hydrogen) atoms. The number of carbonyl (C=O) groups is 4. The molecule has 0 heterocycles. The Labute approximate surface area is 629 Å². The molecule has 0 aromatic heterocycles. The molecule has 0 rings (SSSR count). The minimum Gasteiger partial charge on any atom is -0.462 e. The predicted molar refractivity (Wildman–Crippen MR) is 426 cm³/mol. The fourth-order valence-electron chi connectivity index (χ4n) is 9.82. The van der Waals surface area contributed by atoms with E-state index in [1.165, 1.54) is 51.4 Å². The van der Waals surface area contributed by atoms with Gasteiger partial charge in [-0.15, -0.1) is 0 Å². The van der Waals surface area contributed by atoms with Gasteiger partial charge in [0.1, 0.15) is 19.3 Å². The van der Waals surface area contributed by atoms with E-state index >= 15 is 0 Å². The first-order chi connectivity index (χ1) is 50.7. The summed E-state index contributed by atoms with van der Waals surface area (Å²) in [4.78, 5) is 72.9. The number of aliphatic hydroxyl groups is 1. The van der Waals surface area contributed by atoms with Gasteiger partial charge in [0.2, 0.25) is 0 Å². The molecule has 0 aliphatic rings. The number of carbonyl (C=O) groups excluding carboxylic acids is 4. The highest BCUT2D eigenvalue weighted by atomic mass is 31.2. The van der Waals surface area contributed by atoms with Gasteiger partial charge in [-0.1, -0.05) is 288 Å². The van der Waals surface area contributed by atoms with Gasteiger partial charge in [-0.05, 0) is 141 Å². The van der Waals surface area contributed by atoms with E-state index in [1.807, 2.05) is 18.2 Å². The molecule has 590 valence electrons. The largest absolute Gasteiger partial charge is 0.472 e. The number of phosphoric ester groups is 2. The molecule has 19 heteroatoms. The molecular weight excluding hydrogens is 1350 g/mol. The van der Waals surface area contributed by atoms with Gasteiger partial charge in [0.15, 0.2) is 12.2 Å². The Hall–Kier alpha value is -5.58. The summed E-state index contributed by atoms with van der Waals surface area (Å²) < 4.78 is 68.4. The van der Waals surface area contributed by atoms with Crippen molar-refractivity contribution in [2.24, 2.45) is 0 Å². The molecule has 0 aliphatic heterocycles. The van der Waals surface area contributed by atoms with Crippen LogP contribution in [0.3, 0.4) is 0 Å². The Kier molecular flexibility index (Phi) is 71.6. The lowest BCUT2D eigenvalue weighted by Gasteiger charge is -2.21. The molecular formula is C85H138O17P2. The molecule has 0 aromatic carbocycles. The van der Waals surface area contributed by atoms with Gasteiger partial charge in [-0.25, -0.2) is 9.13 Å². The SMILES string of the molecule is CC/C=C\C/C=C\C/C=C\C/C=C\C/C=C\C/C=C\CCC(=O)OCC(COP(=O)(O)OCC(O)COP(=O)(O)OCC(COC(=O)CCCCCC/C=C\C/C=C\C/C=C\C/C=C\CC)OC(=O)CCCC/C=C\C/C=C\C/C=C\C/C=C\CC)OC(=O)CCCCCCCCCCCCCCC. The Morgan fingerprint density at radius 2 is 0.519 bits per heavy atom. The van der Waals surface area contributed by atoms with Gasteiger partial charge in [-0.3, -0.25) is 37.3 Å². The van der Waals surface area contributed by atoms with E-state index in [2.05, 4.69) is 180 Å². The molecule has 0 saturated heterocycles. The second kappa shape index (κ2) is 75.6. The summed E-state index contributed by atoms with van der Waals surface area (Å²) in [7, 11) is -10.0. The zero-order chi connectivity index (χ0) is 76.0. The molecule has 17 nitrogen and oxygen atoms in total. The Morgan fingerprint density at radius 3 is 0.846 bits per heavy atom. The summed E-state index contributed by atoms with van der Waals surface area (Å²) in [6.07, 6.45) is 89.3. The molecule has 0 fully saturated rings. The van der Waals surface area contributed by atoms with Crippen molar-refractivity contribution in [2.75, 3.05) is 39.6 Å². The van der Waals surface area contributed by atoms with Crippen LogP contribution < -0.4 is 0 Å². The second-order valence-electron chi connectivity index (χ2n) is 25.5. The predicted octanol–water partition coefficient (Wildman–Crippen LogP) is 23.0. The van der Waals surface area contributed by atoms with Crippen molar-refractivity contribution in [1.29, 1.82) is 0 Å². The van der Waals surface area contributed by atoms with Crippen LogP contribution in [0.5, 0.6) is 0 Å². The molecule has 0 spiro atoms. The van der Waals surface area contributed by atoms with E-state index in [9.17, 15) is 43.2 Å². The molecule has 5 atom stereocenters. The molecule has 0 aromatic rings. The highest BCUT2D eigenvalue weighted by Gasteiger charge is 2.30. The monoisotopic (exact) mass is 1490 g/mol. The molecule has 3 N–H and O–H groups in total. The number of ether oxygens (including phenoxy) is 4. The van der Waals surface area contributed by atoms with Crippen molar-refractivity contribution in [1.82, 2.24) is 0 Å². The molecule has 0 radical (unpaired) electrons. The van der Waals surface area contributed by atoms with E-state index < -0.39 is 97.5 Å². The number of hydrogen-bond donors (Lipinski definition) is 3. The standard InChI is InChI=1S/C85H138O17P2/c1-5-9-13-17-21-25-29-33-36-38-39-41-44-47-50-54-58-62-66-70-83(88)95-75-80(101-84(89)71-67-63-59-55-51-45-32-28-24-20-16-12-8-4)77-99-103(91,92)97-73-79(86)74-98-104(93,94)100-78-81(102-85(90)72-68-64-60-56-52-48-42-35-31-27-23-19-15-11-7-3)76-96-82(87)69-65-61-57-53-49-46-43-40-37-34-30-26-22-18-14-10-6-2/h9-11,13-15,21-23,25-27,33-37,39,41-43,46-47,50,52,56,58,62,79-81,86H,5-8,12,16-20,24,28-32,38,40,44-45,48-49,51,53-55,57,59-61,63-78H2,1-4H3,(H,91,92)(H,93,94)/b13-9-,14-10-,15-11-,25-21-,26-22-,27-23-,36-33-,37-34-,41-39-,42-35-,46-43-,50-47-,56-52-,62-58-. The number of unbranched alkanes of at least 4 members (excludes halogenated alkanes) is 18. The number of aliphatic hydroxyl groups excluding tert-OH is 1. The van der Waals surface area contributed by atoms with Crippen molar-refractivity contribution in [3.05, 3.63) is 170 Å². The summed E-state index contributed by atoms with van der Waals surface area (Å²) in [5.41, 5.74) is 0. The van der Waals surface area contributed by atoms with Gasteiger partial charge in [-0.2, -0.15) is 0 Å². The van der Waals surface area contributed by atoms with Gasteiger partial charge in [0.25, 0.3) is 0 Å². The van der Waals surface area contributed by atoms with Crippen LogP contribution in [0, 0.1) is 0 Å². The van der Waals surface area contributed by atoms with Crippen LogP contribution in [0.1, 0.15) is 285 Å². The lowest BCUT2D eigenvalue weighted by atomic mass is 10.0. The van der Waals surface area contributed by atoms with Crippen LogP contribution in [0.15, 0.2) is 170 Å². The molecule has 0 amide bonds. The zero-order valence-corrected chi connectivity index (χ0v) is 66.2. The van der Waals surface area contributed by atoms with E-state index in [1.54, 1.807) is 0 Å². The highest BCUT2D eigenvalue weighted by molar-refractivity contribution is 7.47. The smallest absolute Gasteiger partial charge is 0.462 e. The fraction of sp³-hybridized carbons (Fsp3) is 0.624. The summed E-state index contributed by atoms with van der Waals surface area (Å²) in [6, 6.07) is 0.